The zero-order chi connectivity index (χ0) is 19.1. The maximum Gasteiger partial charge on any atom is 0.228 e. The van der Waals surface area contributed by atoms with E-state index in [1.165, 1.54) is 0 Å². The molecule has 0 unspecified atom stereocenters. The van der Waals surface area contributed by atoms with Gasteiger partial charge in [-0.25, -0.2) is 0 Å². The third-order valence-corrected chi connectivity index (χ3v) is 5.55. The highest BCUT2D eigenvalue weighted by atomic mass is 16.4. The third-order valence-electron chi connectivity index (χ3n) is 5.55. The highest BCUT2D eigenvalue weighted by Gasteiger charge is 2.33. The Morgan fingerprint density at radius 2 is 1.63 bits per heavy atom. The highest BCUT2D eigenvalue weighted by Crippen LogP contribution is 2.35. The molecule has 1 N–H and O–H groups in total. The average molecular weight is 362 g/mol. The Balaban J connectivity index is 1.62. The Bertz CT molecular complexity index is 1090. The Morgan fingerprint density at radius 1 is 0.963 bits per heavy atom. The number of carbonyl (C=O) groups is 2. The van der Waals surface area contributed by atoms with Gasteiger partial charge in [-0.2, -0.15) is 0 Å². The van der Waals surface area contributed by atoms with Gasteiger partial charge in [-0.1, -0.05) is 29.3 Å². The van der Waals surface area contributed by atoms with E-state index in [-0.39, 0.29) is 5.91 Å². The molecule has 1 aliphatic carbocycles. The second kappa shape index (κ2) is 6.58. The molecule has 1 aliphatic rings. The van der Waals surface area contributed by atoms with Crippen LogP contribution in [0.25, 0.3) is 21.9 Å². The van der Waals surface area contributed by atoms with E-state index in [1.807, 2.05) is 50.2 Å². The number of nitrogens with one attached hydrogen (secondary N) is 1. The summed E-state index contributed by atoms with van der Waals surface area (Å²) in [5, 5.41) is 16.4. The normalized spacial score (nSPS) is 20.2. The molecule has 2 atom stereocenters. The fraction of sp³-hybridized carbons (Fsp3) is 0.273. The smallest absolute Gasteiger partial charge is 0.228 e. The van der Waals surface area contributed by atoms with Crippen molar-refractivity contribution < 1.29 is 19.1 Å². The zero-order valence-electron chi connectivity index (χ0n) is 15.2. The molecule has 3 aromatic rings. The molecule has 1 aromatic heterocycles. The number of allylic oxidation sites excluding steroid dienone is 2. The van der Waals surface area contributed by atoms with Crippen LogP contribution in [0.4, 0.5) is 5.69 Å². The molecule has 4 rings (SSSR count). The number of carboxylic acids is 1. The lowest BCUT2D eigenvalue weighted by atomic mass is 9.76. The summed E-state index contributed by atoms with van der Waals surface area (Å²) in [6.45, 7) is 3.86. The molecule has 5 heteroatoms. The van der Waals surface area contributed by atoms with E-state index in [1.54, 1.807) is 6.07 Å². The number of hydrogen-bond donors (Lipinski definition) is 1. The van der Waals surface area contributed by atoms with Crippen LogP contribution in [0, 0.1) is 11.8 Å². The Kier molecular flexibility index (Phi) is 4.22. The van der Waals surface area contributed by atoms with E-state index < -0.39 is 17.8 Å². The predicted octanol–water partition coefficient (Wildman–Crippen LogP) is 3.64. The van der Waals surface area contributed by atoms with Gasteiger partial charge in [0, 0.05) is 34.4 Å². The van der Waals surface area contributed by atoms with E-state index in [0.717, 1.165) is 27.5 Å². The first kappa shape index (κ1) is 17.3. The number of carbonyl (C=O) groups excluding carboxylic acids is 2. The molecular weight excluding hydrogens is 342 g/mol. The van der Waals surface area contributed by atoms with Crippen LogP contribution in [0.5, 0.6) is 0 Å². The van der Waals surface area contributed by atoms with Crippen molar-refractivity contribution in [2.75, 3.05) is 5.32 Å². The Hall–Kier alpha value is -3.08. The van der Waals surface area contributed by atoms with Crippen molar-refractivity contribution in [3.63, 3.8) is 0 Å². The van der Waals surface area contributed by atoms with Crippen LogP contribution in [0.15, 0.2) is 58.0 Å². The summed E-state index contributed by atoms with van der Waals surface area (Å²) >= 11 is 0. The number of para-hydroxylation sites is 1. The van der Waals surface area contributed by atoms with Crippen LogP contribution in [0.1, 0.15) is 26.7 Å². The van der Waals surface area contributed by atoms with E-state index in [4.69, 9.17) is 4.42 Å². The van der Waals surface area contributed by atoms with Gasteiger partial charge in [0.1, 0.15) is 11.2 Å². The number of aliphatic carboxylic acids is 1. The van der Waals surface area contributed by atoms with Gasteiger partial charge in [-0.3, -0.25) is 4.79 Å². The number of rotatable bonds is 3. The number of anilines is 1. The van der Waals surface area contributed by atoms with E-state index in [9.17, 15) is 14.7 Å². The standard InChI is InChI=1S/C22H21NO4/c1-12-9-17(18(22(25)26)10-13(12)2)21(24)23-14-7-8-16-15-5-3-4-6-19(15)27-20(16)11-14/h3-8,11,17-18H,9-10H2,1-2H3,(H,23,24)(H,25,26)/p-1/t17-,18+/m1/s1. The molecule has 0 aliphatic heterocycles. The van der Waals surface area contributed by atoms with Gasteiger partial charge in [0.05, 0.1) is 5.92 Å². The lowest BCUT2D eigenvalue weighted by Gasteiger charge is -2.32. The van der Waals surface area contributed by atoms with Crippen molar-refractivity contribution in [2.24, 2.45) is 11.8 Å². The van der Waals surface area contributed by atoms with Crippen LogP contribution in [-0.2, 0) is 9.59 Å². The van der Waals surface area contributed by atoms with Gasteiger partial charge in [0.15, 0.2) is 0 Å². The lowest BCUT2D eigenvalue weighted by Crippen LogP contribution is -2.42. The van der Waals surface area contributed by atoms with Crippen molar-refractivity contribution in [1.82, 2.24) is 0 Å². The highest BCUT2D eigenvalue weighted by molar-refractivity contribution is 6.06. The van der Waals surface area contributed by atoms with E-state index >= 15 is 0 Å². The second-order valence-electron chi connectivity index (χ2n) is 7.30. The molecular formula is C22H20NO4-. The first-order valence-electron chi connectivity index (χ1n) is 9.02. The topological polar surface area (TPSA) is 82.4 Å². The van der Waals surface area contributed by atoms with Gasteiger partial charge in [-0.15, -0.1) is 0 Å². The molecule has 0 fully saturated rings. The van der Waals surface area contributed by atoms with Crippen molar-refractivity contribution in [3.05, 3.63) is 53.6 Å². The summed E-state index contributed by atoms with van der Waals surface area (Å²) < 4.78 is 5.85. The number of amides is 1. The minimum Gasteiger partial charge on any atom is -0.550 e. The Morgan fingerprint density at radius 3 is 2.37 bits per heavy atom. The molecule has 5 nitrogen and oxygen atoms in total. The van der Waals surface area contributed by atoms with E-state index in [2.05, 4.69) is 5.32 Å². The maximum absolute atomic E-state index is 12.8. The summed E-state index contributed by atoms with van der Waals surface area (Å²) in [6.07, 6.45) is 0.790. The van der Waals surface area contributed by atoms with Gasteiger partial charge >= 0.3 is 0 Å². The molecule has 1 amide bonds. The molecule has 27 heavy (non-hydrogen) atoms. The monoisotopic (exact) mass is 362 g/mol. The number of fused-ring (bicyclic) bond motifs is 3. The number of hydrogen-bond acceptors (Lipinski definition) is 4. The molecule has 0 bridgehead atoms. The Labute approximate surface area is 156 Å². The minimum absolute atomic E-state index is 0.300. The fourth-order valence-electron chi connectivity index (χ4n) is 3.85. The summed E-state index contributed by atoms with van der Waals surface area (Å²) in [5.74, 6) is -2.91. The van der Waals surface area contributed by atoms with Gasteiger partial charge in [0.2, 0.25) is 5.91 Å². The van der Waals surface area contributed by atoms with Crippen molar-refractivity contribution in [3.8, 4) is 0 Å². The average Bonchev–Trinajstić information content (AvgIpc) is 3.01. The second-order valence-corrected chi connectivity index (χ2v) is 7.30. The summed E-state index contributed by atoms with van der Waals surface area (Å²) in [6, 6.07) is 13.2. The zero-order valence-corrected chi connectivity index (χ0v) is 15.2. The van der Waals surface area contributed by atoms with Crippen molar-refractivity contribution in [2.45, 2.75) is 26.7 Å². The van der Waals surface area contributed by atoms with Crippen molar-refractivity contribution in [1.29, 1.82) is 0 Å². The minimum atomic E-state index is -1.17. The fourth-order valence-corrected chi connectivity index (χ4v) is 3.85. The van der Waals surface area contributed by atoms with Gasteiger partial charge < -0.3 is 19.6 Å². The molecule has 0 saturated heterocycles. The lowest BCUT2D eigenvalue weighted by molar-refractivity contribution is -0.313. The van der Waals surface area contributed by atoms with Crippen LogP contribution in [0.3, 0.4) is 0 Å². The quantitative estimate of drug-likeness (QED) is 0.721. The number of furan rings is 1. The number of carboxylic acid groups (broad SMARTS) is 1. The van der Waals surface area contributed by atoms with Gasteiger partial charge in [0.25, 0.3) is 0 Å². The van der Waals surface area contributed by atoms with Crippen LogP contribution in [-0.4, -0.2) is 11.9 Å². The van der Waals surface area contributed by atoms with Crippen LogP contribution >= 0.6 is 0 Å². The van der Waals surface area contributed by atoms with Crippen LogP contribution in [0.2, 0.25) is 0 Å². The molecule has 0 spiro atoms. The SMILES string of the molecule is CC1=C(C)C[C@@H](C(=O)Nc2ccc3c(c2)oc2ccccc23)[C@@H](C(=O)[O-])C1. The summed E-state index contributed by atoms with van der Waals surface area (Å²) in [7, 11) is 0. The summed E-state index contributed by atoms with van der Waals surface area (Å²) in [4.78, 5) is 24.3. The van der Waals surface area contributed by atoms with Gasteiger partial charge in [-0.05, 0) is 44.9 Å². The largest absolute Gasteiger partial charge is 0.550 e. The summed E-state index contributed by atoms with van der Waals surface area (Å²) in [5.41, 5.74) is 4.16. The molecule has 0 radical (unpaired) electrons. The molecule has 0 saturated carbocycles. The molecule has 1 heterocycles. The van der Waals surface area contributed by atoms with Crippen LogP contribution < -0.4 is 10.4 Å². The van der Waals surface area contributed by atoms with Crippen molar-refractivity contribution >= 4 is 39.5 Å². The maximum atomic E-state index is 12.8. The first-order chi connectivity index (χ1) is 12.9. The molecule has 138 valence electrons. The number of benzene rings is 2. The molecule has 2 aromatic carbocycles. The van der Waals surface area contributed by atoms with E-state index in [0.29, 0.717) is 24.1 Å². The third kappa shape index (κ3) is 3.10. The predicted molar refractivity (Wildman–Crippen MR) is 102 cm³/mol. The first-order valence-corrected chi connectivity index (χ1v) is 9.02.